The van der Waals surface area contributed by atoms with Crippen LogP contribution in [0.15, 0.2) is 73.1 Å². The summed E-state index contributed by atoms with van der Waals surface area (Å²) in [7, 11) is 0. The number of nitrogens with zero attached hydrogens (tertiary/aromatic N) is 2. The number of aliphatic hydroxyl groups excluding tert-OH is 1. The van der Waals surface area contributed by atoms with Crippen molar-refractivity contribution in [3.8, 4) is 0 Å². The molecule has 42 heavy (non-hydrogen) atoms. The zero-order valence-corrected chi connectivity index (χ0v) is 24.4. The van der Waals surface area contributed by atoms with Gasteiger partial charge in [-0.05, 0) is 75.5 Å². The molecular formula is C33H39N3O6. The number of pyridine rings is 1. The van der Waals surface area contributed by atoms with Gasteiger partial charge in [0.15, 0.2) is 6.29 Å². The molecule has 0 radical (unpaired) electrons. The first-order valence-corrected chi connectivity index (χ1v) is 14.5. The molecule has 2 aliphatic heterocycles. The zero-order valence-electron chi connectivity index (χ0n) is 24.4. The molecule has 1 aromatic heterocycles. The number of carbonyl (C=O) groups is 2. The molecule has 2 aliphatic rings. The third-order valence-electron chi connectivity index (χ3n) is 7.46. The normalized spacial score (nSPS) is 23.0. The Morgan fingerprint density at radius 1 is 1.05 bits per heavy atom. The first-order valence-electron chi connectivity index (χ1n) is 14.5. The number of rotatable bonds is 8. The molecule has 9 heteroatoms. The highest BCUT2D eigenvalue weighted by Gasteiger charge is 2.38. The van der Waals surface area contributed by atoms with Crippen LogP contribution in [0.1, 0.15) is 79.5 Å². The Morgan fingerprint density at radius 3 is 2.45 bits per heavy atom. The molecule has 0 spiro atoms. The van der Waals surface area contributed by atoms with E-state index in [1.807, 2.05) is 69.3 Å². The SMILES string of the molecule is CC(C)(C)OC(=O)C1CCCN1CC1CC(c2ccc(CO)cc2)OC(c2ccc(NC(=O)c3cccnc3)cc2)O1. The largest absolute Gasteiger partial charge is 0.459 e. The van der Waals surface area contributed by atoms with Crippen molar-refractivity contribution in [3.63, 3.8) is 0 Å². The molecule has 2 N–H and O–H groups in total. The van der Waals surface area contributed by atoms with Gasteiger partial charge in [0.2, 0.25) is 0 Å². The minimum absolute atomic E-state index is 0.0230. The lowest BCUT2D eigenvalue weighted by Gasteiger charge is -2.38. The topological polar surface area (TPSA) is 110 Å². The minimum atomic E-state index is -0.642. The predicted molar refractivity (Wildman–Crippen MR) is 157 cm³/mol. The Hall–Kier alpha value is -3.63. The van der Waals surface area contributed by atoms with E-state index in [-0.39, 0.29) is 36.7 Å². The predicted octanol–water partition coefficient (Wildman–Crippen LogP) is 5.18. The third-order valence-corrected chi connectivity index (χ3v) is 7.46. The van der Waals surface area contributed by atoms with Crippen molar-refractivity contribution in [2.75, 3.05) is 18.4 Å². The summed E-state index contributed by atoms with van der Waals surface area (Å²) in [4.78, 5) is 31.7. The molecule has 222 valence electrons. The molecule has 0 aliphatic carbocycles. The standard InChI is InChI=1S/C33H39N3O6/c1-33(2,3)42-31(39)28-7-5-17-36(28)20-27-18-29(23-10-8-22(21-37)9-11-23)41-32(40-27)24-12-14-26(15-13-24)35-30(38)25-6-4-16-34-19-25/h4,6,8-16,19,27-29,32,37H,5,7,17-18,20-21H2,1-3H3,(H,35,38). The van der Waals surface area contributed by atoms with E-state index in [1.54, 1.807) is 18.3 Å². The Balaban J connectivity index is 1.32. The van der Waals surface area contributed by atoms with Gasteiger partial charge in [0, 0.05) is 36.6 Å². The van der Waals surface area contributed by atoms with Gasteiger partial charge in [0.1, 0.15) is 11.6 Å². The van der Waals surface area contributed by atoms with Gasteiger partial charge in [-0.3, -0.25) is 19.5 Å². The van der Waals surface area contributed by atoms with Gasteiger partial charge in [-0.15, -0.1) is 0 Å². The lowest BCUT2D eigenvalue weighted by atomic mass is 9.99. The summed E-state index contributed by atoms with van der Waals surface area (Å²) >= 11 is 0. The van der Waals surface area contributed by atoms with Crippen LogP contribution in [0.5, 0.6) is 0 Å². The molecule has 2 saturated heterocycles. The van der Waals surface area contributed by atoms with Crippen molar-refractivity contribution in [1.29, 1.82) is 0 Å². The number of aliphatic hydroxyl groups is 1. The average Bonchev–Trinajstić information content (AvgIpc) is 3.45. The van der Waals surface area contributed by atoms with Gasteiger partial charge >= 0.3 is 5.97 Å². The van der Waals surface area contributed by atoms with Crippen molar-refractivity contribution >= 4 is 17.6 Å². The second kappa shape index (κ2) is 13.1. The van der Waals surface area contributed by atoms with E-state index in [0.29, 0.717) is 24.2 Å². The summed E-state index contributed by atoms with van der Waals surface area (Å²) in [5.41, 5.74) is 3.23. The van der Waals surface area contributed by atoms with Crippen LogP contribution in [-0.4, -0.2) is 57.7 Å². The maximum absolute atomic E-state index is 13.0. The van der Waals surface area contributed by atoms with Crippen LogP contribution in [0.25, 0.3) is 0 Å². The summed E-state index contributed by atoms with van der Waals surface area (Å²) in [6.45, 7) is 7.02. The van der Waals surface area contributed by atoms with Crippen LogP contribution in [-0.2, 0) is 25.6 Å². The van der Waals surface area contributed by atoms with E-state index in [1.165, 1.54) is 6.20 Å². The second-order valence-corrected chi connectivity index (χ2v) is 11.9. The number of nitrogens with one attached hydrogen (secondary N) is 1. The van der Waals surface area contributed by atoms with E-state index in [2.05, 4.69) is 15.2 Å². The van der Waals surface area contributed by atoms with Crippen LogP contribution < -0.4 is 5.32 Å². The number of hydrogen-bond acceptors (Lipinski definition) is 8. The van der Waals surface area contributed by atoms with Gasteiger partial charge < -0.3 is 24.6 Å². The Labute approximate surface area is 246 Å². The molecule has 0 saturated carbocycles. The molecule has 2 fully saturated rings. The molecule has 3 aromatic rings. The highest BCUT2D eigenvalue weighted by atomic mass is 16.7. The van der Waals surface area contributed by atoms with Gasteiger partial charge in [-0.25, -0.2) is 0 Å². The van der Waals surface area contributed by atoms with Crippen molar-refractivity contribution in [3.05, 3.63) is 95.3 Å². The summed E-state index contributed by atoms with van der Waals surface area (Å²) in [5.74, 6) is -0.429. The number of likely N-dealkylation sites (tertiary alicyclic amines) is 1. The summed E-state index contributed by atoms with van der Waals surface area (Å²) in [5, 5.41) is 12.4. The molecule has 4 atom stereocenters. The van der Waals surface area contributed by atoms with Crippen molar-refractivity contribution in [2.45, 2.75) is 76.8 Å². The van der Waals surface area contributed by atoms with E-state index in [9.17, 15) is 14.7 Å². The number of ether oxygens (including phenoxy) is 3. The lowest BCUT2D eigenvalue weighted by molar-refractivity contribution is -0.253. The first-order chi connectivity index (χ1) is 20.2. The number of hydrogen-bond donors (Lipinski definition) is 2. The number of amides is 1. The first kappa shape index (κ1) is 29.8. The van der Waals surface area contributed by atoms with E-state index in [4.69, 9.17) is 14.2 Å². The molecule has 5 rings (SSSR count). The lowest BCUT2D eigenvalue weighted by Crippen LogP contribution is -2.45. The number of aromatic nitrogens is 1. The molecule has 0 bridgehead atoms. The molecular weight excluding hydrogens is 534 g/mol. The van der Waals surface area contributed by atoms with E-state index < -0.39 is 11.9 Å². The van der Waals surface area contributed by atoms with Crippen LogP contribution in [0.3, 0.4) is 0 Å². The number of benzene rings is 2. The molecule has 4 unspecified atom stereocenters. The van der Waals surface area contributed by atoms with Crippen LogP contribution in [0, 0.1) is 0 Å². The summed E-state index contributed by atoms with van der Waals surface area (Å²) < 4.78 is 18.7. The van der Waals surface area contributed by atoms with Gasteiger partial charge in [0.05, 0.1) is 24.4 Å². The Bertz CT molecular complexity index is 1340. The van der Waals surface area contributed by atoms with Crippen LogP contribution in [0.2, 0.25) is 0 Å². The maximum atomic E-state index is 13.0. The number of anilines is 1. The molecule has 2 aromatic carbocycles. The highest BCUT2D eigenvalue weighted by molar-refractivity contribution is 6.04. The van der Waals surface area contributed by atoms with Gasteiger partial charge in [-0.1, -0.05) is 36.4 Å². The Kier molecular flexibility index (Phi) is 9.33. The summed E-state index contributed by atoms with van der Waals surface area (Å²) in [6, 6.07) is 18.3. The quantitative estimate of drug-likeness (QED) is 0.355. The summed E-state index contributed by atoms with van der Waals surface area (Å²) in [6.07, 6.45) is 4.37. The van der Waals surface area contributed by atoms with Crippen LogP contribution >= 0.6 is 0 Å². The zero-order chi connectivity index (χ0) is 29.7. The fourth-order valence-electron chi connectivity index (χ4n) is 5.40. The Morgan fingerprint density at radius 2 is 1.79 bits per heavy atom. The van der Waals surface area contributed by atoms with Gasteiger partial charge in [-0.2, -0.15) is 0 Å². The third kappa shape index (κ3) is 7.60. The second-order valence-electron chi connectivity index (χ2n) is 11.9. The van der Waals surface area contributed by atoms with Crippen LogP contribution in [0.4, 0.5) is 5.69 Å². The van der Waals surface area contributed by atoms with E-state index in [0.717, 1.165) is 36.1 Å². The van der Waals surface area contributed by atoms with Crippen molar-refractivity contribution in [2.24, 2.45) is 0 Å². The van der Waals surface area contributed by atoms with Crippen molar-refractivity contribution < 1.29 is 28.9 Å². The van der Waals surface area contributed by atoms with Gasteiger partial charge in [0.25, 0.3) is 5.91 Å². The smallest absolute Gasteiger partial charge is 0.323 e. The number of carbonyl (C=O) groups excluding carboxylic acids is 2. The fraction of sp³-hybridized carbons (Fsp3) is 0.424. The van der Waals surface area contributed by atoms with E-state index >= 15 is 0 Å². The highest BCUT2D eigenvalue weighted by Crippen LogP contribution is 2.39. The maximum Gasteiger partial charge on any atom is 0.323 e. The fourth-order valence-corrected chi connectivity index (χ4v) is 5.40. The monoisotopic (exact) mass is 573 g/mol. The van der Waals surface area contributed by atoms with Crippen molar-refractivity contribution in [1.82, 2.24) is 9.88 Å². The molecule has 9 nitrogen and oxygen atoms in total. The molecule has 1 amide bonds. The minimum Gasteiger partial charge on any atom is -0.459 e. The number of esters is 1. The molecule has 3 heterocycles. The average molecular weight is 574 g/mol.